The summed E-state index contributed by atoms with van der Waals surface area (Å²) in [5.74, 6) is 1.50. The summed E-state index contributed by atoms with van der Waals surface area (Å²) in [6.45, 7) is 9.32. The number of benzene rings is 1. The zero-order chi connectivity index (χ0) is 11.3. The number of nitrogens with one attached hydrogen (secondary N) is 1. The maximum Gasteiger partial charge on any atom is 0.121 e. The summed E-state index contributed by atoms with van der Waals surface area (Å²) in [5.41, 5.74) is 1.12. The molecular formula is C13H21NO. The molecule has 0 aliphatic rings. The zero-order valence-corrected chi connectivity index (χ0v) is 10.1. The Kier molecular flexibility index (Phi) is 4.47. The largest absolute Gasteiger partial charge is 0.493 e. The van der Waals surface area contributed by atoms with Crippen molar-refractivity contribution in [2.24, 2.45) is 5.92 Å². The third-order valence-electron chi connectivity index (χ3n) is 1.87. The summed E-state index contributed by atoms with van der Waals surface area (Å²) < 4.78 is 5.65. The number of rotatable bonds is 5. The Morgan fingerprint density at radius 1 is 1.20 bits per heavy atom. The molecule has 0 saturated carbocycles. The average Bonchev–Trinajstić information content (AvgIpc) is 2.14. The summed E-state index contributed by atoms with van der Waals surface area (Å²) in [6.07, 6.45) is 0. The topological polar surface area (TPSA) is 21.3 Å². The van der Waals surface area contributed by atoms with Crippen molar-refractivity contribution >= 4 is 5.69 Å². The van der Waals surface area contributed by atoms with E-state index in [9.17, 15) is 0 Å². The molecule has 15 heavy (non-hydrogen) atoms. The van der Waals surface area contributed by atoms with E-state index < -0.39 is 0 Å². The van der Waals surface area contributed by atoms with Gasteiger partial charge in [-0.05, 0) is 31.9 Å². The molecular weight excluding hydrogens is 186 g/mol. The molecule has 0 amide bonds. The van der Waals surface area contributed by atoms with Gasteiger partial charge in [-0.15, -0.1) is 0 Å². The normalized spacial score (nSPS) is 10.8. The van der Waals surface area contributed by atoms with E-state index in [4.69, 9.17) is 4.74 Å². The molecule has 1 rings (SSSR count). The van der Waals surface area contributed by atoms with Crippen LogP contribution in [0.25, 0.3) is 0 Å². The van der Waals surface area contributed by atoms with Gasteiger partial charge in [0.1, 0.15) is 5.75 Å². The molecule has 0 atom stereocenters. The molecule has 0 aromatic heterocycles. The van der Waals surface area contributed by atoms with Crippen LogP contribution in [-0.2, 0) is 0 Å². The molecule has 0 heterocycles. The molecule has 0 radical (unpaired) electrons. The molecule has 1 N–H and O–H groups in total. The van der Waals surface area contributed by atoms with Crippen molar-refractivity contribution in [3.8, 4) is 5.75 Å². The van der Waals surface area contributed by atoms with Gasteiger partial charge in [-0.25, -0.2) is 0 Å². The van der Waals surface area contributed by atoms with E-state index in [-0.39, 0.29) is 0 Å². The highest BCUT2D eigenvalue weighted by Gasteiger charge is 1.99. The zero-order valence-electron chi connectivity index (χ0n) is 10.1. The van der Waals surface area contributed by atoms with Crippen molar-refractivity contribution in [3.05, 3.63) is 24.3 Å². The van der Waals surface area contributed by atoms with Gasteiger partial charge in [-0.2, -0.15) is 0 Å². The highest BCUT2D eigenvalue weighted by molar-refractivity contribution is 5.48. The predicted octanol–water partition coefficient (Wildman–Crippen LogP) is 3.54. The third kappa shape index (κ3) is 4.73. The van der Waals surface area contributed by atoms with E-state index >= 15 is 0 Å². The SMILES string of the molecule is CC(C)COc1cccc(NC(C)C)c1. The Balaban J connectivity index is 2.57. The Morgan fingerprint density at radius 2 is 1.93 bits per heavy atom. The van der Waals surface area contributed by atoms with Crippen LogP contribution >= 0.6 is 0 Å². The molecule has 1 aromatic rings. The number of hydrogen-bond donors (Lipinski definition) is 1. The van der Waals surface area contributed by atoms with E-state index in [0.717, 1.165) is 18.0 Å². The highest BCUT2D eigenvalue weighted by Crippen LogP contribution is 2.18. The van der Waals surface area contributed by atoms with E-state index in [1.54, 1.807) is 0 Å². The molecule has 0 spiro atoms. The summed E-state index contributed by atoms with van der Waals surface area (Å²) in [6, 6.07) is 8.56. The maximum absolute atomic E-state index is 5.65. The molecule has 0 fully saturated rings. The molecule has 0 bridgehead atoms. The van der Waals surface area contributed by atoms with Gasteiger partial charge in [0.05, 0.1) is 6.61 Å². The van der Waals surface area contributed by atoms with Crippen LogP contribution in [-0.4, -0.2) is 12.6 Å². The van der Waals surface area contributed by atoms with Gasteiger partial charge in [0, 0.05) is 17.8 Å². The second kappa shape index (κ2) is 5.64. The van der Waals surface area contributed by atoms with Crippen LogP contribution in [0.1, 0.15) is 27.7 Å². The monoisotopic (exact) mass is 207 g/mol. The van der Waals surface area contributed by atoms with Gasteiger partial charge in [0.25, 0.3) is 0 Å². The number of ether oxygens (including phenoxy) is 1. The van der Waals surface area contributed by atoms with Gasteiger partial charge in [-0.3, -0.25) is 0 Å². The molecule has 0 aliphatic carbocycles. The van der Waals surface area contributed by atoms with Crippen molar-refractivity contribution in [1.82, 2.24) is 0 Å². The average molecular weight is 207 g/mol. The highest BCUT2D eigenvalue weighted by atomic mass is 16.5. The fraction of sp³-hybridized carbons (Fsp3) is 0.538. The van der Waals surface area contributed by atoms with Gasteiger partial charge in [0.2, 0.25) is 0 Å². The lowest BCUT2D eigenvalue weighted by molar-refractivity contribution is 0.271. The van der Waals surface area contributed by atoms with E-state index in [0.29, 0.717) is 12.0 Å². The smallest absolute Gasteiger partial charge is 0.121 e. The standard InChI is InChI=1S/C13H21NO/c1-10(2)9-15-13-7-5-6-12(8-13)14-11(3)4/h5-8,10-11,14H,9H2,1-4H3. The first-order valence-electron chi connectivity index (χ1n) is 5.57. The first-order chi connectivity index (χ1) is 7.08. The first kappa shape index (κ1) is 11.9. The van der Waals surface area contributed by atoms with Crippen LogP contribution in [0.3, 0.4) is 0 Å². The number of hydrogen-bond acceptors (Lipinski definition) is 2. The Hall–Kier alpha value is -1.18. The van der Waals surface area contributed by atoms with Gasteiger partial charge in [0.15, 0.2) is 0 Å². The summed E-state index contributed by atoms with van der Waals surface area (Å²) in [4.78, 5) is 0. The van der Waals surface area contributed by atoms with Crippen LogP contribution in [0.5, 0.6) is 5.75 Å². The van der Waals surface area contributed by atoms with E-state index in [2.05, 4.69) is 39.1 Å². The summed E-state index contributed by atoms with van der Waals surface area (Å²) >= 11 is 0. The van der Waals surface area contributed by atoms with Crippen molar-refractivity contribution in [2.45, 2.75) is 33.7 Å². The minimum absolute atomic E-state index is 0.449. The van der Waals surface area contributed by atoms with Gasteiger partial charge in [-0.1, -0.05) is 19.9 Å². The molecule has 1 aromatic carbocycles. The summed E-state index contributed by atoms with van der Waals surface area (Å²) in [5, 5.41) is 3.35. The third-order valence-corrected chi connectivity index (χ3v) is 1.87. The van der Waals surface area contributed by atoms with E-state index in [1.807, 2.05) is 18.2 Å². The lowest BCUT2D eigenvalue weighted by Gasteiger charge is -2.12. The molecule has 0 aliphatic heterocycles. The second-order valence-corrected chi connectivity index (χ2v) is 4.53. The summed E-state index contributed by atoms with van der Waals surface area (Å²) in [7, 11) is 0. The maximum atomic E-state index is 5.65. The number of anilines is 1. The molecule has 84 valence electrons. The van der Waals surface area contributed by atoms with Crippen molar-refractivity contribution < 1.29 is 4.74 Å². The first-order valence-corrected chi connectivity index (χ1v) is 5.57. The van der Waals surface area contributed by atoms with Crippen molar-refractivity contribution in [1.29, 1.82) is 0 Å². The minimum Gasteiger partial charge on any atom is -0.493 e. The molecule has 0 saturated heterocycles. The lowest BCUT2D eigenvalue weighted by atomic mass is 10.2. The Labute approximate surface area is 92.6 Å². The molecule has 2 heteroatoms. The Morgan fingerprint density at radius 3 is 2.53 bits per heavy atom. The van der Waals surface area contributed by atoms with Gasteiger partial charge < -0.3 is 10.1 Å². The minimum atomic E-state index is 0.449. The fourth-order valence-corrected chi connectivity index (χ4v) is 1.27. The van der Waals surface area contributed by atoms with Crippen LogP contribution in [0, 0.1) is 5.92 Å². The van der Waals surface area contributed by atoms with Gasteiger partial charge >= 0.3 is 0 Å². The van der Waals surface area contributed by atoms with Crippen molar-refractivity contribution in [2.75, 3.05) is 11.9 Å². The van der Waals surface area contributed by atoms with Crippen LogP contribution in [0.2, 0.25) is 0 Å². The van der Waals surface area contributed by atoms with Crippen molar-refractivity contribution in [3.63, 3.8) is 0 Å². The quantitative estimate of drug-likeness (QED) is 0.797. The predicted molar refractivity (Wildman–Crippen MR) is 65.5 cm³/mol. The van der Waals surface area contributed by atoms with Crippen LogP contribution in [0.15, 0.2) is 24.3 Å². The van der Waals surface area contributed by atoms with E-state index in [1.165, 1.54) is 0 Å². The fourth-order valence-electron chi connectivity index (χ4n) is 1.27. The van der Waals surface area contributed by atoms with Crippen LogP contribution < -0.4 is 10.1 Å². The molecule has 2 nitrogen and oxygen atoms in total. The van der Waals surface area contributed by atoms with Crippen LogP contribution in [0.4, 0.5) is 5.69 Å². The second-order valence-electron chi connectivity index (χ2n) is 4.53. The lowest BCUT2D eigenvalue weighted by Crippen LogP contribution is -2.10. The Bertz CT molecular complexity index is 294. The molecule has 0 unspecified atom stereocenters.